The van der Waals surface area contributed by atoms with E-state index in [1.54, 1.807) is 6.07 Å². The minimum atomic E-state index is -1.26. The Morgan fingerprint density at radius 2 is 1.76 bits per heavy atom. The highest BCUT2D eigenvalue weighted by molar-refractivity contribution is 5.89. The van der Waals surface area contributed by atoms with Crippen LogP contribution in [-0.2, 0) is 20.9 Å². The minimum Gasteiger partial charge on any atom is -0.478 e. The summed E-state index contributed by atoms with van der Waals surface area (Å²) in [4.78, 5) is 19.1. The smallest absolute Gasteiger partial charge is 0.328 e. The summed E-state index contributed by atoms with van der Waals surface area (Å²) >= 11 is 0. The van der Waals surface area contributed by atoms with Gasteiger partial charge in [-0.1, -0.05) is 30.3 Å². The summed E-state index contributed by atoms with van der Waals surface area (Å²) in [7, 11) is 0. The lowest BCUT2D eigenvalue weighted by Crippen LogP contribution is -2.16. The summed E-state index contributed by atoms with van der Waals surface area (Å²) in [5.74, 6) is -4.17. The van der Waals surface area contributed by atoms with Gasteiger partial charge in [0.2, 0.25) is 0 Å². The quantitative estimate of drug-likeness (QED) is 0.639. The van der Waals surface area contributed by atoms with Crippen LogP contribution >= 0.6 is 0 Å². The van der Waals surface area contributed by atoms with E-state index in [2.05, 4.69) is 5.32 Å². The molecule has 0 aromatic heterocycles. The molecule has 1 atom stereocenters. The van der Waals surface area contributed by atoms with E-state index in [9.17, 15) is 18.4 Å². The standard InChI is InChI=1S/C17H17F2NO.C4H4O4/c18-16-6-5-12(9-17(16)19)15-4-2-1-3-13(15)11-21-14-7-8-20-10-14;5-3(6)1-2-4(7)8/h1-6,9,14,20H,7-8,10-11H2;1-2H,(H,5,6)(H,7,8)/b;2-1+/t14-;/m1./s1. The highest BCUT2D eigenvalue weighted by Crippen LogP contribution is 2.26. The van der Waals surface area contributed by atoms with Crippen LogP contribution in [0.4, 0.5) is 8.78 Å². The summed E-state index contributed by atoms with van der Waals surface area (Å²) < 4.78 is 32.3. The molecule has 3 N–H and O–H groups in total. The Morgan fingerprint density at radius 3 is 2.34 bits per heavy atom. The van der Waals surface area contributed by atoms with Crippen LogP contribution in [0.3, 0.4) is 0 Å². The van der Waals surface area contributed by atoms with E-state index in [4.69, 9.17) is 14.9 Å². The molecule has 0 unspecified atom stereocenters. The van der Waals surface area contributed by atoms with Gasteiger partial charge in [0.25, 0.3) is 0 Å². The Morgan fingerprint density at radius 1 is 1.07 bits per heavy atom. The molecule has 0 bridgehead atoms. The van der Waals surface area contributed by atoms with Crippen molar-refractivity contribution in [3.63, 3.8) is 0 Å². The molecule has 0 saturated carbocycles. The average Bonchev–Trinajstić information content (AvgIpc) is 3.21. The SMILES string of the molecule is Fc1ccc(-c2ccccc2CO[C@@H]2CCNC2)cc1F.O=C(O)/C=C/C(=O)O. The van der Waals surface area contributed by atoms with Crippen molar-refractivity contribution in [3.8, 4) is 11.1 Å². The van der Waals surface area contributed by atoms with Crippen molar-refractivity contribution in [3.05, 3.63) is 71.8 Å². The van der Waals surface area contributed by atoms with Crippen LogP contribution in [0.5, 0.6) is 0 Å². The third-order valence-electron chi connectivity index (χ3n) is 4.11. The maximum absolute atomic E-state index is 13.4. The largest absolute Gasteiger partial charge is 0.478 e. The molecule has 0 aliphatic carbocycles. The lowest BCUT2D eigenvalue weighted by molar-refractivity contribution is -0.134. The molecule has 1 aliphatic heterocycles. The Kier molecular flexibility index (Phi) is 8.45. The summed E-state index contributed by atoms with van der Waals surface area (Å²) in [6.07, 6.45) is 2.35. The first-order valence-corrected chi connectivity index (χ1v) is 8.86. The Labute approximate surface area is 166 Å². The predicted octanol–water partition coefficient (Wildman–Crippen LogP) is 3.22. The van der Waals surface area contributed by atoms with Gasteiger partial charge >= 0.3 is 11.9 Å². The monoisotopic (exact) mass is 405 g/mol. The summed E-state index contributed by atoms with van der Waals surface area (Å²) in [6.45, 7) is 2.32. The summed E-state index contributed by atoms with van der Waals surface area (Å²) in [5, 5.41) is 18.9. The molecule has 2 aromatic rings. The van der Waals surface area contributed by atoms with Gasteiger partial charge in [-0.3, -0.25) is 0 Å². The maximum atomic E-state index is 13.4. The molecule has 8 heteroatoms. The van der Waals surface area contributed by atoms with Crippen LogP contribution in [0.25, 0.3) is 11.1 Å². The molecule has 1 aliphatic rings. The van der Waals surface area contributed by atoms with Crippen molar-refractivity contribution in [2.45, 2.75) is 19.1 Å². The van der Waals surface area contributed by atoms with Crippen molar-refractivity contribution in [2.75, 3.05) is 13.1 Å². The second-order valence-electron chi connectivity index (χ2n) is 6.22. The summed E-state index contributed by atoms with van der Waals surface area (Å²) in [5.41, 5.74) is 2.52. The molecule has 0 radical (unpaired) electrons. The number of ether oxygens (including phenoxy) is 1. The fourth-order valence-corrected chi connectivity index (χ4v) is 2.71. The van der Waals surface area contributed by atoms with E-state index in [1.807, 2.05) is 24.3 Å². The van der Waals surface area contributed by atoms with Gasteiger partial charge in [-0.15, -0.1) is 0 Å². The lowest BCUT2D eigenvalue weighted by atomic mass is 10.00. The van der Waals surface area contributed by atoms with Crippen LogP contribution < -0.4 is 5.32 Å². The fourth-order valence-electron chi connectivity index (χ4n) is 2.71. The second-order valence-corrected chi connectivity index (χ2v) is 6.22. The van der Waals surface area contributed by atoms with Gasteiger partial charge in [0.05, 0.1) is 12.7 Å². The number of aliphatic carboxylic acids is 2. The van der Waals surface area contributed by atoms with Gasteiger partial charge in [-0.05, 0) is 41.8 Å². The Hall–Kier alpha value is -3.10. The van der Waals surface area contributed by atoms with E-state index in [-0.39, 0.29) is 6.10 Å². The van der Waals surface area contributed by atoms with E-state index >= 15 is 0 Å². The van der Waals surface area contributed by atoms with Crippen molar-refractivity contribution in [2.24, 2.45) is 0 Å². The molecule has 154 valence electrons. The van der Waals surface area contributed by atoms with Gasteiger partial charge < -0.3 is 20.3 Å². The normalized spacial score (nSPS) is 15.7. The number of carbonyl (C=O) groups is 2. The molecule has 0 amide bonds. The zero-order chi connectivity index (χ0) is 21.2. The number of hydrogen-bond donors (Lipinski definition) is 3. The molecule has 3 rings (SSSR count). The van der Waals surface area contributed by atoms with Crippen LogP contribution in [0.15, 0.2) is 54.6 Å². The molecule has 6 nitrogen and oxygen atoms in total. The second kappa shape index (κ2) is 11.0. The van der Waals surface area contributed by atoms with Gasteiger partial charge in [-0.2, -0.15) is 0 Å². The summed E-state index contributed by atoms with van der Waals surface area (Å²) in [6, 6.07) is 11.6. The zero-order valence-electron chi connectivity index (χ0n) is 15.5. The number of rotatable bonds is 6. The molecule has 1 heterocycles. The van der Waals surface area contributed by atoms with E-state index in [0.717, 1.165) is 36.7 Å². The third-order valence-corrected chi connectivity index (χ3v) is 4.11. The van der Waals surface area contributed by atoms with E-state index in [1.165, 1.54) is 6.07 Å². The highest BCUT2D eigenvalue weighted by atomic mass is 19.2. The number of carboxylic acid groups (broad SMARTS) is 2. The highest BCUT2D eigenvalue weighted by Gasteiger charge is 2.16. The molecule has 29 heavy (non-hydrogen) atoms. The van der Waals surface area contributed by atoms with E-state index in [0.29, 0.717) is 24.3 Å². The number of nitrogens with one attached hydrogen (secondary N) is 1. The first kappa shape index (κ1) is 22.2. The topological polar surface area (TPSA) is 95.9 Å². The molecular formula is C21H21F2NO5. The Bertz CT molecular complexity index is 863. The van der Waals surface area contributed by atoms with Crippen LogP contribution in [0, 0.1) is 11.6 Å². The number of benzene rings is 2. The van der Waals surface area contributed by atoms with Gasteiger partial charge in [0, 0.05) is 18.7 Å². The van der Waals surface area contributed by atoms with Crippen LogP contribution in [-0.4, -0.2) is 41.3 Å². The van der Waals surface area contributed by atoms with Crippen molar-refractivity contribution < 1.29 is 33.3 Å². The van der Waals surface area contributed by atoms with Crippen LogP contribution in [0.2, 0.25) is 0 Å². The van der Waals surface area contributed by atoms with Crippen molar-refractivity contribution >= 4 is 11.9 Å². The lowest BCUT2D eigenvalue weighted by Gasteiger charge is -2.14. The maximum Gasteiger partial charge on any atom is 0.328 e. The van der Waals surface area contributed by atoms with Crippen molar-refractivity contribution in [1.29, 1.82) is 0 Å². The van der Waals surface area contributed by atoms with Gasteiger partial charge in [0.1, 0.15) is 0 Å². The third kappa shape index (κ3) is 7.44. The van der Waals surface area contributed by atoms with Gasteiger partial charge in [-0.25, -0.2) is 18.4 Å². The average molecular weight is 405 g/mol. The predicted molar refractivity (Wildman–Crippen MR) is 102 cm³/mol. The van der Waals surface area contributed by atoms with Crippen LogP contribution in [0.1, 0.15) is 12.0 Å². The molecule has 0 spiro atoms. The van der Waals surface area contributed by atoms with E-state index < -0.39 is 23.6 Å². The minimum absolute atomic E-state index is 0.225. The Balaban J connectivity index is 0.000000321. The zero-order valence-corrected chi connectivity index (χ0v) is 15.5. The fraction of sp³-hybridized carbons (Fsp3) is 0.238. The molecule has 1 saturated heterocycles. The molecular weight excluding hydrogens is 384 g/mol. The van der Waals surface area contributed by atoms with Gasteiger partial charge in [0.15, 0.2) is 11.6 Å². The number of halogens is 2. The van der Waals surface area contributed by atoms with Crippen molar-refractivity contribution in [1.82, 2.24) is 5.32 Å². The number of hydrogen-bond acceptors (Lipinski definition) is 4. The molecule has 1 fully saturated rings. The molecule has 2 aromatic carbocycles. The number of carboxylic acids is 2. The first-order chi connectivity index (χ1) is 13.9. The first-order valence-electron chi connectivity index (χ1n) is 8.86.